The second-order valence-electron chi connectivity index (χ2n) is 25.6. The van der Waals surface area contributed by atoms with Crippen molar-refractivity contribution in [2.45, 2.75) is 176 Å². The summed E-state index contributed by atoms with van der Waals surface area (Å²) in [6.45, 7) is 5.39. The smallest absolute Gasteiger partial charge is 0.340 e. The fourth-order valence-electron chi connectivity index (χ4n) is 17.9. The topological polar surface area (TPSA) is 234 Å². The maximum atomic E-state index is 15.2. The van der Waals surface area contributed by atoms with Gasteiger partial charge in [-0.15, -0.1) is 0 Å². The van der Waals surface area contributed by atoms with Crippen LogP contribution in [0.2, 0.25) is 0 Å². The minimum absolute atomic E-state index is 0.0367. The molecule has 1 aromatic heterocycles. The molecule has 4 saturated carbocycles. The van der Waals surface area contributed by atoms with Gasteiger partial charge < -0.3 is 55.6 Å². The van der Waals surface area contributed by atoms with E-state index in [1.165, 1.54) is 6.42 Å². The summed E-state index contributed by atoms with van der Waals surface area (Å²) >= 11 is 0. The van der Waals surface area contributed by atoms with Crippen LogP contribution >= 0.6 is 21.6 Å². The highest BCUT2D eigenvalue weighted by molar-refractivity contribution is 8.77. The summed E-state index contributed by atoms with van der Waals surface area (Å²) in [6, 6.07) is 5.41. The highest BCUT2D eigenvalue weighted by Crippen LogP contribution is 2.61. The lowest BCUT2D eigenvalue weighted by atomic mass is 9.50. The zero-order valence-corrected chi connectivity index (χ0v) is 48.5. The van der Waals surface area contributed by atoms with Gasteiger partial charge in [0.2, 0.25) is 5.91 Å². The summed E-state index contributed by atoms with van der Waals surface area (Å²) in [5.41, 5.74) is 6.99. The van der Waals surface area contributed by atoms with Crippen LogP contribution in [-0.2, 0) is 31.0 Å². The summed E-state index contributed by atoms with van der Waals surface area (Å²) < 4.78 is 21.0. The van der Waals surface area contributed by atoms with Crippen molar-refractivity contribution >= 4 is 50.2 Å². The number of ether oxygens (including phenoxy) is 2. The average molecular weight is 1140 g/mol. The fraction of sp³-hybridized carbons (Fsp3) is 0.651. The second-order valence-corrected chi connectivity index (χ2v) is 28.2. The average Bonchev–Trinajstić information content (AvgIpc) is 4.03. The molecule has 432 valence electrons. The number of nitrogens with zero attached hydrogens (tertiary/aromatic N) is 1. The molecule has 2 bridgehead atoms. The van der Waals surface area contributed by atoms with E-state index in [1.807, 2.05) is 49.2 Å². The molecule has 17 heteroatoms. The first kappa shape index (κ1) is 56.1. The lowest BCUT2D eigenvalue weighted by Gasteiger charge is -2.62. The van der Waals surface area contributed by atoms with Gasteiger partial charge in [0, 0.05) is 88.8 Å². The molecule has 0 radical (unpaired) electrons. The Labute approximate surface area is 477 Å². The zero-order valence-electron chi connectivity index (χ0n) is 46.8. The van der Waals surface area contributed by atoms with Crippen molar-refractivity contribution in [2.24, 2.45) is 53.1 Å². The number of nitrogens with one attached hydrogen (secondary N) is 2. The number of nitrogens with two attached hydrogens (primary N) is 1. The number of aliphatic hydroxyl groups excluding tert-OH is 4. The van der Waals surface area contributed by atoms with Gasteiger partial charge in [0.1, 0.15) is 11.3 Å². The van der Waals surface area contributed by atoms with Crippen molar-refractivity contribution in [3.05, 3.63) is 98.2 Å². The van der Waals surface area contributed by atoms with Crippen molar-refractivity contribution in [1.29, 1.82) is 0 Å². The highest BCUT2D eigenvalue weighted by atomic mass is 33.1. The summed E-state index contributed by atoms with van der Waals surface area (Å²) in [5, 5.41) is 53.0. The summed E-state index contributed by atoms with van der Waals surface area (Å²) in [5.74, 6) is -0.275. The van der Waals surface area contributed by atoms with E-state index in [0.717, 1.165) is 73.6 Å². The van der Waals surface area contributed by atoms with E-state index in [0.29, 0.717) is 65.5 Å². The van der Waals surface area contributed by atoms with Gasteiger partial charge in [-0.05, 0) is 143 Å². The van der Waals surface area contributed by atoms with E-state index < -0.39 is 58.9 Å². The zero-order chi connectivity index (χ0) is 56.0. The van der Waals surface area contributed by atoms with Crippen LogP contribution in [-0.4, -0.2) is 122 Å². The SMILES string of the molecule is C/C=C(\CCO)C(=O)O[C@]1(C)[C@H](CO)C=C2CSS[C@H]3C[C@@H]4C(=O)C=C[C@H]5[C@@H]([C@@H]4NC)[C@@H]3N5C(=O)CC3=C(C=C(N)NC3)[C@H]2[C@]12Cc1cc3cc([C@@]45CCCC[C@@H]4CC[C@@H](O)[C@H]5CC[C@H](O)[C@@H]4CCC[C@@H](C)C4)c(=O)oc3cc1O2. The minimum atomic E-state index is -1.61. The van der Waals surface area contributed by atoms with Crippen LogP contribution in [0.25, 0.3) is 11.0 Å². The molecule has 17 atom stereocenters. The molecule has 1 aromatic carbocycles. The molecule has 15 nitrogen and oxygen atoms in total. The predicted molar refractivity (Wildman–Crippen MR) is 309 cm³/mol. The third-order valence-electron chi connectivity index (χ3n) is 21.7. The Morgan fingerprint density at radius 3 is 2.70 bits per heavy atom. The number of esters is 1. The lowest BCUT2D eigenvalue weighted by molar-refractivity contribution is -0.202. The van der Waals surface area contributed by atoms with E-state index in [2.05, 4.69) is 17.6 Å². The third-order valence-corrected chi connectivity index (χ3v) is 24.5. The Morgan fingerprint density at radius 1 is 1.09 bits per heavy atom. The molecule has 4 aliphatic heterocycles. The van der Waals surface area contributed by atoms with Crippen molar-refractivity contribution in [2.75, 3.05) is 32.6 Å². The van der Waals surface area contributed by atoms with Crippen LogP contribution in [0.1, 0.15) is 128 Å². The van der Waals surface area contributed by atoms with Crippen molar-refractivity contribution < 1.29 is 48.7 Å². The van der Waals surface area contributed by atoms with E-state index in [9.17, 15) is 34.8 Å². The number of allylic oxidation sites excluding steroid dienone is 3. The molecule has 1 amide bonds. The molecule has 1 saturated heterocycles. The van der Waals surface area contributed by atoms with E-state index in [4.69, 9.17) is 19.6 Å². The van der Waals surface area contributed by atoms with Gasteiger partial charge in [0.15, 0.2) is 17.0 Å². The molecule has 10 aliphatic rings. The molecule has 1 spiro atoms. The summed E-state index contributed by atoms with van der Waals surface area (Å²) in [4.78, 5) is 60.6. The van der Waals surface area contributed by atoms with Crippen LogP contribution in [0, 0.1) is 47.3 Å². The Balaban J connectivity index is 0.980. The Kier molecular flexibility index (Phi) is 15.4. The number of hydrogen-bond donors (Lipinski definition) is 7. The Hall–Kier alpha value is -4.36. The van der Waals surface area contributed by atoms with Crippen LogP contribution in [0.5, 0.6) is 5.75 Å². The number of benzene rings is 1. The number of aliphatic hydroxyl groups is 4. The minimum Gasteiger partial charge on any atom is -0.481 e. The second kappa shape index (κ2) is 22.0. The molecular weight excluding hydrogens is 1050 g/mol. The van der Waals surface area contributed by atoms with Gasteiger partial charge in [-0.2, -0.15) is 0 Å². The molecule has 12 rings (SSSR count). The van der Waals surface area contributed by atoms with Crippen LogP contribution in [0.4, 0.5) is 0 Å². The molecule has 8 N–H and O–H groups in total. The number of rotatable bonds is 11. The van der Waals surface area contributed by atoms with Crippen LogP contribution < -0.4 is 26.7 Å². The largest absolute Gasteiger partial charge is 0.481 e. The maximum absolute atomic E-state index is 15.2. The number of ketones is 1. The number of amides is 1. The monoisotopic (exact) mass is 1130 g/mol. The van der Waals surface area contributed by atoms with Crippen LogP contribution in [0.3, 0.4) is 0 Å². The van der Waals surface area contributed by atoms with E-state index >= 15 is 4.79 Å². The third kappa shape index (κ3) is 9.10. The quantitative estimate of drug-likeness (QED) is 0.0387. The number of carbonyl (C=O) groups excluding carboxylic acids is 3. The van der Waals surface area contributed by atoms with E-state index in [-0.39, 0.29) is 103 Å². The van der Waals surface area contributed by atoms with Gasteiger partial charge in [-0.1, -0.05) is 78.0 Å². The molecule has 0 unspecified atom stereocenters. The standard InChI is InChI=1S/C63H82N4O11S2/c1-5-34(18-20-68)59(74)78-61(3)41(31-69)23-39-32-79-80-52-26-43-48(71)17-14-46-55(57(43)65-4)58(52)67(46)54(73)25-38-30-66-53(64)27-42(38)56(39)63(61)29-37-22-36-24-45(60(75)76-50(36)28-51(37)77-63)62-19-7-6-11-40(62)12-15-49(72)44(62)13-16-47(70)35-10-8-9-33(2)21-35/h5,14,17,22-24,27-28,33,35,40-41,43-44,46-47,49,52,55-58,65-66,68-70,72H,6-13,15-16,18-21,25-26,29-32,64H2,1-4H3/b34-5+/t33-,35-,40-,41+,43-,44-,46+,47+,49-,52+,55+,56+,57-,58-,61-,62+,63-/m1/s1. The molecule has 6 aliphatic carbocycles. The first-order chi connectivity index (χ1) is 38.6. The summed E-state index contributed by atoms with van der Waals surface area (Å²) in [6.07, 6.45) is 19.5. The molecule has 80 heavy (non-hydrogen) atoms. The molecule has 2 aromatic rings. The molecular formula is C63H82N4O11S2. The van der Waals surface area contributed by atoms with Gasteiger partial charge in [0.05, 0.1) is 49.1 Å². The van der Waals surface area contributed by atoms with Gasteiger partial charge in [-0.25, -0.2) is 9.59 Å². The molecule has 5 heterocycles. The maximum Gasteiger partial charge on any atom is 0.340 e. The Bertz CT molecular complexity index is 3030. The highest BCUT2D eigenvalue weighted by Gasteiger charge is 2.68. The normalized spacial score (nSPS) is 38.9. The van der Waals surface area contributed by atoms with E-state index in [1.54, 1.807) is 46.7 Å². The van der Waals surface area contributed by atoms with Crippen molar-refractivity contribution in [3.8, 4) is 5.75 Å². The first-order valence-corrected chi connectivity index (χ1v) is 32.3. The van der Waals surface area contributed by atoms with Crippen LogP contribution in [0.15, 0.2) is 85.9 Å². The fourth-order valence-corrected chi connectivity index (χ4v) is 20.9. The van der Waals surface area contributed by atoms with Crippen molar-refractivity contribution in [3.63, 3.8) is 0 Å². The van der Waals surface area contributed by atoms with Gasteiger partial charge in [0.25, 0.3) is 0 Å². The molecule has 5 fully saturated rings. The lowest BCUT2D eigenvalue weighted by Crippen LogP contribution is -2.75. The van der Waals surface area contributed by atoms with Crippen molar-refractivity contribution in [1.82, 2.24) is 15.5 Å². The number of fused-ring (bicyclic) bond motifs is 8. The van der Waals surface area contributed by atoms with Gasteiger partial charge >= 0.3 is 11.6 Å². The number of carbonyl (C=O) groups is 3. The predicted octanol–water partition coefficient (Wildman–Crippen LogP) is 7.22. The number of hydrogen-bond acceptors (Lipinski definition) is 16. The summed E-state index contributed by atoms with van der Waals surface area (Å²) in [7, 11) is 5.27. The van der Waals surface area contributed by atoms with Gasteiger partial charge in [-0.3, -0.25) is 9.59 Å². The number of dihydropyridines is 1. The Morgan fingerprint density at radius 2 is 1.93 bits per heavy atom. The first-order valence-electron chi connectivity index (χ1n) is 30.0.